The van der Waals surface area contributed by atoms with Crippen LogP contribution in [0.5, 0.6) is 0 Å². The van der Waals surface area contributed by atoms with Crippen molar-refractivity contribution in [2.24, 2.45) is 0 Å². The quantitative estimate of drug-likeness (QED) is 0.612. The van der Waals surface area contributed by atoms with Gasteiger partial charge in [-0.15, -0.1) is 11.3 Å². The van der Waals surface area contributed by atoms with Crippen molar-refractivity contribution in [1.82, 2.24) is 0 Å². The van der Waals surface area contributed by atoms with Gasteiger partial charge in [0.05, 0.1) is 20.6 Å². The maximum absolute atomic E-state index is 12.5. The van der Waals surface area contributed by atoms with Crippen LogP contribution in [0, 0.1) is 6.92 Å². The second kappa shape index (κ2) is 5.80. The minimum absolute atomic E-state index is 0.185. The van der Waals surface area contributed by atoms with E-state index in [1.54, 1.807) is 12.1 Å². The van der Waals surface area contributed by atoms with Crippen LogP contribution in [0.4, 0.5) is 11.4 Å². The molecule has 112 valence electrons. The van der Waals surface area contributed by atoms with Gasteiger partial charge in [-0.2, -0.15) is 0 Å². The van der Waals surface area contributed by atoms with Crippen LogP contribution < -0.4 is 11.1 Å². The Morgan fingerprint density at radius 2 is 1.82 bits per heavy atom. The number of nitrogen functional groups attached to an aromatic ring is 1. The van der Waals surface area contributed by atoms with E-state index in [9.17, 15) is 4.79 Å². The van der Waals surface area contributed by atoms with Gasteiger partial charge in [-0.25, -0.2) is 0 Å². The summed E-state index contributed by atoms with van der Waals surface area (Å²) in [6.45, 7) is 1.94. The summed E-state index contributed by atoms with van der Waals surface area (Å²) in [4.78, 5) is 13.2. The van der Waals surface area contributed by atoms with E-state index in [1.807, 2.05) is 31.2 Å². The highest BCUT2D eigenvalue weighted by Crippen LogP contribution is 2.33. The largest absolute Gasteiger partial charge is 0.396 e. The molecule has 0 radical (unpaired) electrons. The number of hydrogen-bond donors (Lipinski definition) is 2. The molecule has 3 N–H and O–H groups in total. The number of carbonyl (C=O) groups is 1. The number of aryl methyl sites for hydroxylation is 1. The maximum atomic E-state index is 12.5. The third-order valence-electron chi connectivity index (χ3n) is 3.39. The molecule has 0 atom stereocenters. The Bertz CT molecular complexity index is 866. The summed E-state index contributed by atoms with van der Waals surface area (Å²) in [5.74, 6) is -0.185. The zero-order valence-electron chi connectivity index (χ0n) is 11.6. The van der Waals surface area contributed by atoms with E-state index in [0.717, 1.165) is 15.6 Å². The van der Waals surface area contributed by atoms with Gasteiger partial charge < -0.3 is 11.1 Å². The van der Waals surface area contributed by atoms with Crippen molar-refractivity contribution < 1.29 is 4.79 Å². The topological polar surface area (TPSA) is 55.1 Å². The molecule has 22 heavy (non-hydrogen) atoms. The fourth-order valence-electron chi connectivity index (χ4n) is 2.24. The van der Waals surface area contributed by atoms with Crippen LogP contribution in [-0.2, 0) is 0 Å². The summed E-state index contributed by atoms with van der Waals surface area (Å²) >= 11 is 13.4. The number of rotatable bonds is 2. The van der Waals surface area contributed by atoms with Crippen LogP contribution in [0.2, 0.25) is 10.0 Å². The molecule has 1 aromatic heterocycles. The van der Waals surface area contributed by atoms with Crippen LogP contribution in [0.25, 0.3) is 10.1 Å². The lowest BCUT2D eigenvalue weighted by molar-refractivity contribution is 0.103. The Kier molecular flexibility index (Phi) is 4.00. The number of anilines is 2. The molecule has 0 aliphatic heterocycles. The molecule has 0 bridgehead atoms. The fourth-order valence-corrected chi connectivity index (χ4v) is 3.83. The smallest absolute Gasteiger partial charge is 0.266 e. The molecule has 3 aromatic rings. The Hall–Kier alpha value is -1.75. The standard InChI is InChI=1S/C16H12Cl2N2OS/c1-8-10-4-2-3-5-13(10)22-15(8)16(21)20-9-6-11(17)14(19)12(18)7-9/h2-7H,19H2,1H3,(H,20,21). The average molecular weight is 351 g/mol. The number of hydrogen-bond acceptors (Lipinski definition) is 3. The molecular weight excluding hydrogens is 339 g/mol. The van der Waals surface area contributed by atoms with Gasteiger partial charge in [-0.1, -0.05) is 41.4 Å². The second-order valence-corrected chi connectivity index (χ2v) is 6.73. The lowest BCUT2D eigenvalue weighted by Crippen LogP contribution is -2.11. The fraction of sp³-hybridized carbons (Fsp3) is 0.0625. The van der Waals surface area contributed by atoms with Crippen molar-refractivity contribution in [2.75, 3.05) is 11.1 Å². The van der Waals surface area contributed by atoms with Crippen LogP contribution in [0.3, 0.4) is 0 Å². The number of carbonyl (C=O) groups excluding carboxylic acids is 1. The van der Waals surface area contributed by atoms with Gasteiger partial charge in [0.25, 0.3) is 5.91 Å². The lowest BCUT2D eigenvalue weighted by atomic mass is 10.1. The van der Waals surface area contributed by atoms with E-state index in [2.05, 4.69) is 5.32 Å². The van der Waals surface area contributed by atoms with Gasteiger partial charge in [0, 0.05) is 10.4 Å². The first-order valence-electron chi connectivity index (χ1n) is 6.51. The molecule has 0 unspecified atom stereocenters. The SMILES string of the molecule is Cc1c(C(=O)Nc2cc(Cl)c(N)c(Cl)c2)sc2ccccc12. The summed E-state index contributed by atoms with van der Waals surface area (Å²) in [7, 11) is 0. The van der Waals surface area contributed by atoms with Gasteiger partial charge >= 0.3 is 0 Å². The van der Waals surface area contributed by atoms with Crippen molar-refractivity contribution in [3.63, 3.8) is 0 Å². The predicted octanol–water partition coefficient (Wildman–Crippen LogP) is 5.35. The lowest BCUT2D eigenvalue weighted by Gasteiger charge is -2.08. The van der Waals surface area contributed by atoms with Gasteiger partial charge in [-0.3, -0.25) is 4.79 Å². The summed E-state index contributed by atoms with van der Waals surface area (Å²) in [5, 5.41) is 4.54. The third-order valence-corrected chi connectivity index (χ3v) is 5.28. The first kappa shape index (κ1) is 15.2. The molecule has 2 aromatic carbocycles. The van der Waals surface area contributed by atoms with Crippen LogP contribution in [0.15, 0.2) is 36.4 Å². The maximum Gasteiger partial charge on any atom is 0.266 e. The molecule has 0 aliphatic carbocycles. The van der Waals surface area contributed by atoms with Crippen molar-refractivity contribution in [2.45, 2.75) is 6.92 Å². The highest BCUT2D eigenvalue weighted by atomic mass is 35.5. The normalized spacial score (nSPS) is 10.9. The van der Waals surface area contributed by atoms with Crippen LogP contribution in [-0.4, -0.2) is 5.91 Å². The molecule has 0 saturated carbocycles. The molecule has 6 heteroatoms. The van der Waals surface area contributed by atoms with E-state index < -0.39 is 0 Å². The minimum Gasteiger partial charge on any atom is -0.396 e. The zero-order valence-corrected chi connectivity index (χ0v) is 13.9. The highest BCUT2D eigenvalue weighted by molar-refractivity contribution is 7.21. The van der Waals surface area contributed by atoms with E-state index in [4.69, 9.17) is 28.9 Å². The van der Waals surface area contributed by atoms with Crippen molar-refractivity contribution in [3.8, 4) is 0 Å². The molecule has 0 fully saturated rings. The Morgan fingerprint density at radius 1 is 1.18 bits per heavy atom. The number of nitrogens with two attached hydrogens (primary N) is 1. The second-order valence-electron chi connectivity index (χ2n) is 4.86. The van der Waals surface area contributed by atoms with E-state index in [0.29, 0.717) is 26.3 Å². The summed E-state index contributed by atoms with van der Waals surface area (Å²) < 4.78 is 1.08. The Labute approximate surface area is 141 Å². The zero-order chi connectivity index (χ0) is 15.9. The summed E-state index contributed by atoms with van der Waals surface area (Å²) in [5.41, 5.74) is 7.48. The van der Waals surface area contributed by atoms with E-state index in [-0.39, 0.29) is 5.91 Å². The molecule has 0 aliphatic rings. The molecular formula is C16H12Cl2N2OS. The summed E-state index contributed by atoms with van der Waals surface area (Å²) in [6.07, 6.45) is 0. The molecule has 3 rings (SSSR count). The van der Waals surface area contributed by atoms with Crippen molar-refractivity contribution >= 4 is 61.9 Å². The number of thiophene rings is 1. The average Bonchev–Trinajstić information content (AvgIpc) is 2.82. The predicted molar refractivity (Wildman–Crippen MR) is 95.4 cm³/mol. The monoisotopic (exact) mass is 350 g/mol. The van der Waals surface area contributed by atoms with Gasteiger partial charge in [0.2, 0.25) is 0 Å². The van der Waals surface area contributed by atoms with E-state index >= 15 is 0 Å². The van der Waals surface area contributed by atoms with E-state index in [1.165, 1.54) is 11.3 Å². The number of nitrogens with one attached hydrogen (secondary N) is 1. The highest BCUT2D eigenvalue weighted by Gasteiger charge is 2.16. The molecule has 3 nitrogen and oxygen atoms in total. The molecule has 1 amide bonds. The van der Waals surface area contributed by atoms with Crippen LogP contribution >= 0.6 is 34.5 Å². The van der Waals surface area contributed by atoms with Gasteiger partial charge in [0.1, 0.15) is 0 Å². The van der Waals surface area contributed by atoms with Gasteiger partial charge in [-0.05, 0) is 36.1 Å². The first-order chi connectivity index (χ1) is 10.5. The van der Waals surface area contributed by atoms with Crippen LogP contribution in [0.1, 0.15) is 15.2 Å². The summed E-state index contributed by atoms with van der Waals surface area (Å²) in [6, 6.07) is 11.1. The van der Waals surface area contributed by atoms with Crippen molar-refractivity contribution in [1.29, 1.82) is 0 Å². The molecule has 0 saturated heterocycles. The first-order valence-corrected chi connectivity index (χ1v) is 8.08. The molecule has 0 spiro atoms. The third kappa shape index (κ3) is 2.65. The Balaban J connectivity index is 1.95. The molecule has 1 heterocycles. The minimum atomic E-state index is -0.185. The number of fused-ring (bicyclic) bond motifs is 1. The number of halogens is 2. The van der Waals surface area contributed by atoms with Gasteiger partial charge in [0.15, 0.2) is 0 Å². The number of benzene rings is 2. The Morgan fingerprint density at radius 3 is 2.45 bits per heavy atom. The number of amides is 1. The van der Waals surface area contributed by atoms with Crippen molar-refractivity contribution in [3.05, 3.63) is 56.9 Å².